The molecule has 13 heavy (non-hydrogen) atoms. The van der Waals surface area contributed by atoms with Crippen molar-refractivity contribution in [2.45, 2.75) is 64.9 Å². The Morgan fingerprint density at radius 2 is 2.08 bits per heavy atom. The highest BCUT2D eigenvalue weighted by Gasteiger charge is 2.20. The lowest BCUT2D eigenvalue weighted by Crippen LogP contribution is -2.27. The smallest absolute Gasteiger partial charge is 0.0600 e. The highest BCUT2D eigenvalue weighted by Crippen LogP contribution is 2.24. The van der Waals surface area contributed by atoms with E-state index in [1.807, 2.05) is 0 Å². The van der Waals surface area contributed by atoms with E-state index in [9.17, 15) is 0 Å². The maximum absolute atomic E-state index is 5.77. The zero-order valence-corrected chi connectivity index (χ0v) is 9.22. The average Bonchev–Trinajstić information content (AvgIpc) is 2.15. The Kier molecular flexibility index (Phi) is 5.45. The Hall–Kier alpha value is -0.0400. The first-order valence-electron chi connectivity index (χ1n) is 5.96. The molecule has 0 N–H and O–H groups in total. The van der Waals surface area contributed by atoms with Crippen LogP contribution in [0.2, 0.25) is 0 Å². The molecule has 1 aliphatic rings. The van der Waals surface area contributed by atoms with E-state index >= 15 is 0 Å². The van der Waals surface area contributed by atoms with E-state index < -0.39 is 0 Å². The van der Waals surface area contributed by atoms with Crippen molar-refractivity contribution >= 4 is 0 Å². The van der Waals surface area contributed by atoms with E-state index in [1.165, 1.54) is 44.9 Å². The molecule has 0 bridgehead atoms. The van der Waals surface area contributed by atoms with E-state index in [2.05, 4.69) is 13.8 Å². The summed E-state index contributed by atoms with van der Waals surface area (Å²) in [6.07, 6.45) is 9.99. The van der Waals surface area contributed by atoms with Crippen LogP contribution in [0.1, 0.15) is 58.8 Å². The lowest BCUT2D eigenvalue weighted by molar-refractivity contribution is -0.0258. The molecule has 1 saturated heterocycles. The normalized spacial score (nSPS) is 29.1. The van der Waals surface area contributed by atoms with Gasteiger partial charge >= 0.3 is 0 Å². The molecule has 0 aromatic heterocycles. The van der Waals surface area contributed by atoms with Crippen LogP contribution >= 0.6 is 0 Å². The summed E-state index contributed by atoms with van der Waals surface area (Å²) in [7, 11) is 0. The molecule has 0 aromatic rings. The molecule has 0 saturated carbocycles. The van der Waals surface area contributed by atoms with Gasteiger partial charge in [-0.25, -0.2) is 0 Å². The Balaban J connectivity index is 2.05. The van der Waals surface area contributed by atoms with Crippen LogP contribution in [-0.4, -0.2) is 12.7 Å². The summed E-state index contributed by atoms with van der Waals surface area (Å²) in [5.41, 5.74) is 0. The Morgan fingerprint density at radius 3 is 2.77 bits per heavy atom. The van der Waals surface area contributed by atoms with Crippen molar-refractivity contribution in [2.24, 2.45) is 5.92 Å². The van der Waals surface area contributed by atoms with Crippen molar-refractivity contribution in [1.29, 1.82) is 0 Å². The van der Waals surface area contributed by atoms with Crippen molar-refractivity contribution in [3.63, 3.8) is 0 Å². The van der Waals surface area contributed by atoms with Crippen LogP contribution in [0.25, 0.3) is 0 Å². The van der Waals surface area contributed by atoms with Crippen molar-refractivity contribution in [1.82, 2.24) is 0 Å². The zero-order chi connectivity index (χ0) is 9.52. The minimum atomic E-state index is 0.575. The second kappa shape index (κ2) is 6.42. The molecule has 1 rings (SSSR count). The minimum Gasteiger partial charge on any atom is -0.378 e. The van der Waals surface area contributed by atoms with E-state index in [1.54, 1.807) is 0 Å². The van der Waals surface area contributed by atoms with Gasteiger partial charge in [-0.05, 0) is 25.2 Å². The van der Waals surface area contributed by atoms with Crippen LogP contribution in [0.3, 0.4) is 0 Å². The molecular weight excluding hydrogens is 160 g/mol. The van der Waals surface area contributed by atoms with Crippen molar-refractivity contribution in [3.05, 3.63) is 0 Å². The third-order valence-corrected chi connectivity index (χ3v) is 3.11. The fourth-order valence-electron chi connectivity index (χ4n) is 2.13. The number of rotatable bonds is 5. The monoisotopic (exact) mass is 184 g/mol. The lowest BCUT2D eigenvalue weighted by atomic mass is 9.92. The van der Waals surface area contributed by atoms with Gasteiger partial charge in [0.1, 0.15) is 0 Å². The third kappa shape index (κ3) is 4.12. The fraction of sp³-hybridized carbons (Fsp3) is 1.00. The highest BCUT2D eigenvalue weighted by atomic mass is 16.5. The maximum Gasteiger partial charge on any atom is 0.0600 e. The maximum atomic E-state index is 5.77. The van der Waals surface area contributed by atoms with Crippen molar-refractivity contribution in [2.75, 3.05) is 6.61 Å². The van der Waals surface area contributed by atoms with Crippen molar-refractivity contribution < 1.29 is 4.74 Å². The summed E-state index contributed by atoms with van der Waals surface area (Å²) in [4.78, 5) is 0. The van der Waals surface area contributed by atoms with E-state index in [-0.39, 0.29) is 0 Å². The highest BCUT2D eigenvalue weighted by molar-refractivity contribution is 4.70. The summed E-state index contributed by atoms with van der Waals surface area (Å²) in [5, 5.41) is 0. The third-order valence-electron chi connectivity index (χ3n) is 3.11. The number of hydrogen-bond donors (Lipinski definition) is 0. The fourth-order valence-corrected chi connectivity index (χ4v) is 2.13. The van der Waals surface area contributed by atoms with Crippen LogP contribution in [0.15, 0.2) is 0 Å². The van der Waals surface area contributed by atoms with Gasteiger partial charge in [-0.1, -0.05) is 39.5 Å². The first kappa shape index (κ1) is 11.0. The predicted molar refractivity (Wildman–Crippen MR) is 56.9 cm³/mol. The van der Waals surface area contributed by atoms with Gasteiger partial charge in [-0.2, -0.15) is 0 Å². The molecule has 1 heteroatoms. The van der Waals surface area contributed by atoms with Crippen LogP contribution in [0.5, 0.6) is 0 Å². The van der Waals surface area contributed by atoms with E-state index in [0.29, 0.717) is 6.10 Å². The summed E-state index contributed by atoms with van der Waals surface area (Å²) < 4.78 is 5.77. The second-order valence-corrected chi connectivity index (χ2v) is 4.38. The lowest BCUT2D eigenvalue weighted by Gasteiger charge is -2.29. The standard InChI is InChI=1S/C12H24O/c1-3-4-5-6-9-12-11(2)8-7-10-13-12/h11-12H,3-10H2,1-2H3. The predicted octanol–water partition coefficient (Wildman–Crippen LogP) is 3.77. The molecule has 1 nitrogen and oxygen atoms in total. The molecule has 1 fully saturated rings. The van der Waals surface area contributed by atoms with E-state index in [0.717, 1.165) is 12.5 Å². The summed E-state index contributed by atoms with van der Waals surface area (Å²) in [6.45, 7) is 5.60. The molecule has 0 radical (unpaired) electrons. The van der Waals surface area contributed by atoms with Gasteiger partial charge in [0.25, 0.3) is 0 Å². The van der Waals surface area contributed by atoms with Gasteiger partial charge in [0.05, 0.1) is 6.10 Å². The Bertz CT molecular complexity index is 122. The largest absolute Gasteiger partial charge is 0.378 e. The summed E-state index contributed by atoms with van der Waals surface area (Å²) >= 11 is 0. The molecule has 0 spiro atoms. The molecule has 2 unspecified atom stereocenters. The van der Waals surface area contributed by atoms with Gasteiger partial charge < -0.3 is 4.74 Å². The molecule has 0 aliphatic carbocycles. The molecular formula is C12H24O. The first-order valence-corrected chi connectivity index (χ1v) is 5.96. The van der Waals surface area contributed by atoms with Gasteiger partial charge in [0.2, 0.25) is 0 Å². The number of hydrogen-bond acceptors (Lipinski definition) is 1. The Morgan fingerprint density at radius 1 is 1.23 bits per heavy atom. The average molecular weight is 184 g/mol. The molecule has 1 aliphatic heterocycles. The SMILES string of the molecule is CCCCCCC1OCCCC1C. The second-order valence-electron chi connectivity index (χ2n) is 4.38. The van der Waals surface area contributed by atoms with Crippen LogP contribution in [-0.2, 0) is 4.74 Å². The minimum absolute atomic E-state index is 0.575. The Labute approximate surface area is 82.9 Å². The number of unbranched alkanes of at least 4 members (excludes halogenated alkanes) is 3. The summed E-state index contributed by atoms with van der Waals surface area (Å²) in [5.74, 6) is 0.801. The quantitative estimate of drug-likeness (QED) is 0.591. The zero-order valence-electron chi connectivity index (χ0n) is 9.22. The number of ether oxygens (including phenoxy) is 1. The molecule has 78 valence electrons. The van der Waals surface area contributed by atoms with Gasteiger partial charge in [-0.15, -0.1) is 0 Å². The molecule has 1 heterocycles. The topological polar surface area (TPSA) is 9.23 Å². The van der Waals surface area contributed by atoms with Gasteiger partial charge in [-0.3, -0.25) is 0 Å². The van der Waals surface area contributed by atoms with Crippen LogP contribution in [0, 0.1) is 5.92 Å². The van der Waals surface area contributed by atoms with E-state index in [4.69, 9.17) is 4.74 Å². The van der Waals surface area contributed by atoms with Gasteiger partial charge in [0.15, 0.2) is 0 Å². The molecule has 0 aromatic carbocycles. The van der Waals surface area contributed by atoms with Gasteiger partial charge in [0, 0.05) is 6.61 Å². The van der Waals surface area contributed by atoms with Crippen molar-refractivity contribution in [3.8, 4) is 0 Å². The molecule has 2 atom stereocenters. The van der Waals surface area contributed by atoms with Crippen LogP contribution in [0.4, 0.5) is 0 Å². The summed E-state index contributed by atoms with van der Waals surface area (Å²) in [6, 6.07) is 0. The van der Waals surface area contributed by atoms with Crippen LogP contribution < -0.4 is 0 Å². The first-order chi connectivity index (χ1) is 6.34. The molecule has 0 amide bonds.